The molecule has 0 heterocycles. The average Bonchev–Trinajstić information content (AvgIpc) is 2.90. The summed E-state index contributed by atoms with van der Waals surface area (Å²) < 4.78 is 0. The fourth-order valence-electron chi connectivity index (χ4n) is 4.79. The van der Waals surface area contributed by atoms with Crippen LogP contribution in [0.4, 0.5) is 0 Å². The second-order valence-corrected chi connectivity index (χ2v) is 11.1. The molecule has 0 unspecified atom stereocenters. The lowest BCUT2D eigenvalue weighted by Crippen LogP contribution is -2.54. The summed E-state index contributed by atoms with van der Waals surface area (Å²) in [6.45, 7) is 8.33. The lowest BCUT2D eigenvalue weighted by Gasteiger charge is -2.34. The van der Waals surface area contributed by atoms with Gasteiger partial charge in [-0.05, 0) is 61.6 Å². The van der Waals surface area contributed by atoms with Gasteiger partial charge in [0, 0.05) is 24.9 Å². The van der Waals surface area contributed by atoms with Gasteiger partial charge in [-0.3, -0.25) is 9.59 Å². The van der Waals surface area contributed by atoms with E-state index in [4.69, 9.17) is 0 Å². The first-order valence-electron chi connectivity index (χ1n) is 13.4. The summed E-state index contributed by atoms with van der Waals surface area (Å²) in [6, 6.07) is 32.0. The number of fused-ring (bicyclic) bond motifs is 1. The third kappa shape index (κ3) is 7.32. The van der Waals surface area contributed by atoms with Crippen LogP contribution in [0.1, 0.15) is 49.4 Å². The Balaban J connectivity index is 1.65. The van der Waals surface area contributed by atoms with Crippen molar-refractivity contribution in [2.24, 2.45) is 0 Å². The molecule has 0 saturated carbocycles. The van der Waals surface area contributed by atoms with Crippen molar-refractivity contribution in [1.29, 1.82) is 0 Å². The number of rotatable bonds is 9. The summed E-state index contributed by atoms with van der Waals surface area (Å²) in [4.78, 5) is 29.5. The van der Waals surface area contributed by atoms with Crippen molar-refractivity contribution in [3.63, 3.8) is 0 Å². The van der Waals surface area contributed by atoms with Gasteiger partial charge in [0.1, 0.15) is 6.04 Å². The van der Waals surface area contributed by atoms with E-state index in [1.165, 1.54) is 10.8 Å². The number of amides is 2. The Morgan fingerprint density at radius 1 is 0.789 bits per heavy atom. The minimum atomic E-state index is -0.627. The van der Waals surface area contributed by atoms with Crippen molar-refractivity contribution in [3.05, 3.63) is 119 Å². The smallest absolute Gasteiger partial charge is 0.243 e. The number of nitrogens with zero attached hydrogens (tertiary/aromatic N) is 1. The molecule has 1 atom stereocenters. The first kappa shape index (κ1) is 27.1. The number of benzene rings is 4. The molecule has 196 valence electrons. The Morgan fingerprint density at radius 2 is 1.45 bits per heavy atom. The first-order chi connectivity index (χ1) is 18.2. The summed E-state index contributed by atoms with van der Waals surface area (Å²) in [5.41, 5.74) is 3.93. The van der Waals surface area contributed by atoms with E-state index in [-0.39, 0.29) is 11.8 Å². The van der Waals surface area contributed by atoms with Crippen molar-refractivity contribution in [2.45, 2.75) is 65.1 Å². The molecule has 0 spiro atoms. The second-order valence-electron chi connectivity index (χ2n) is 11.1. The molecule has 0 aliphatic rings. The summed E-state index contributed by atoms with van der Waals surface area (Å²) in [6.07, 6.45) is 1.39. The van der Waals surface area contributed by atoms with E-state index >= 15 is 0 Å². The Bertz CT molecular complexity index is 1370. The second kappa shape index (κ2) is 12.1. The van der Waals surface area contributed by atoms with E-state index in [1.807, 2.05) is 88.4 Å². The van der Waals surface area contributed by atoms with Crippen LogP contribution in [-0.4, -0.2) is 28.3 Å². The van der Waals surface area contributed by atoms with E-state index in [1.54, 1.807) is 4.90 Å². The molecule has 0 aliphatic carbocycles. The Labute approximate surface area is 226 Å². The van der Waals surface area contributed by atoms with Crippen LogP contribution in [-0.2, 0) is 29.0 Å². The lowest BCUT2D eigenvalue weighted by atomic mass is 9.98. The fraction of sp³-hybridized carbons (Fsp3) is 0.294. The van der Waals surface area contributed by atoms with Gasteiger partial charge in [0.2, 0.25) is 11.8 Å². The topological polar surface area (TPSA) is 49.4 Å². The van der Waals surface area contributed by atoms with Crippen LogP contribution < -0.4 is 5.32 Å². The standard InChI is InChI=1S/C34H38N2O2/c1-25-17-19-27(20-18-25)24-36(31(33(38)35-34(2,3)4)23-26-11-6-5-7-12-26)32(37)22-21-29-15-10-14-28-13-8-9-16-30(28)29/h5-20,31H,21-24H2,1-4H3,(H,35,38)/t31-/m1/s1. The molecule has 0 bridgehead atoms. The molecule has 4 heteroatoms. The molecular formula is C34H38N2O2. The van der Waals surface area contributed by atoms with Gasteiger partial charge in [0.05, 0.1) is 0 Å². The zero-order chi connectivity index (χ0) is 27.1. The third-order valence-electron chi connectivity index (χ3n) is 6.73. The zero-order valence-electron chi connectivity index (χ0n) is 22.9. The molecular weight excluding hydrogens is 468 g/mol. The van der Waals surface area contributed by atoms with E-state index in [2.05, 4.69) is 41.7 Å². The van der Waals surface area contributed by atoms with Crippen LogP contribution in [0, 0.1) is 6.92 Å². The van der Waals surface area contributed by atoms with Crippen molar-refractivity contribution < 1.29 is 9.59 Å². The Morgan fingerprint density at radius 3 is 2.16 bits per heavy atom. The van der Waals surface area contributed by atoms with Gasteiger partial charge in [0.25, 0.3) is 0 Å². The Kier molecular flexibility index (Phi) is 8.62. The maximum Gasteiger partial charge on any atom is 0.243 e. The van der Waals surface area contributed by atoms with Crippen LogP contribution in [0.3, 0.4) is 0 Å². The number of hydrogen-bond acceptors (Lipinski definition) is 2. The normalized spacial score (nSPS) is 12.2. The van der Waals surface area contributed by atoms with Crippen molar-refractivity contribution >= 4 is 22.6 Å². The summed E-state index contributed by atoms with van der Waals surface area (Å²) in [7, 11) is 0. The summed E-state index contributed by atoms with van der Waals surface area (Å²) in [5.74, 6) is -0.157. The van der Waals surface area contributed by atoms with Crippen molar-refractivity contribution in [3.8, 4) is 0 Å². The summed E-state index contributed by atoms with van der Waals surface area (Å²) >= 11 is 0. The predicted molar refractivity (Wildman–Crippen MR) is 156 cm³/mol. The van der Waals surface area contributed by atoms with Gasteiger partial charge >= 0.3 is 0 Å². The van der Waals surface area contributed by atoms with E-state index < -0.39 is 11.6 Å². The van der Waals surface area contributed by atoms with Crippen molar-refractivity contribution in [1.82, 2.24) is 10.2 Å². The molecule has 4 aromatic carbocycles. The highest BCUT2D eigenvalue weighted by Crippen LogP contribution is 2.22. The minimum Gasteiger partial charge on any atom is -0.350 e. The quantitative estimate of drug-likeness (QED) is 0.277. The maximum absolute atomic E-state index is 14.0. The molecule has 4 rings (SSSR count). The maximum atomic E-state index is 14.0. The van der Waals surface area contributed by atoms with Gasteiger partial charge < -0.3 is 10.2 Å². The largest absolute Gasteiger partial charge is 0.350 e. The highest BCUT2D eigenvalue weighted by molar-refractivity contribution is 5.89. The number of carbonyl (C=O) groups is 2. The van der Waals surface area contributed by atoms with Gasteiger partial charge in [-0.25, -0.2) is 0 Å². The monoisotopic (exact) mass is 506 g/mol. The highest BCUT2D eigenvalue weighted by Gasteiger charge is 2.32. The number of hydrogen-bond donors (Lipinski definition) is 1. The van der Waals surface area contributed by atoms with Crippen LogP contribution in [0.15, 0.2) is 97.1 Å². The molecule has 1 N–H and O–H groups in total. The number of aryl methyl sites for hydroxylation is 2. The number of nitrogens with one attached hydrogen (secondary N) is 1. The van der Waals surface area contributed by atoms with Crippen LogP contribution in [0.2, 0.25) is 0 Å². The molecule has 0 aromatic heterocycles. The zero-order valence-corrected chi connectivity index (χ0v) is 22.9. The minimum absolute atomic E-state index is 0.0245. The van der Waals surface area contributed by atoms with E-state index in [9.17, 15) is 9.59 Å². The predicted octanol–water partition coefficient (Wildman–Crippen LogP) is 6.64. The van der Waals surface area contributed by atoms with Crippen LogP contribution >= 0.6 is 0 Å². The SMILES string of the molecule is Cc1ccc(CN(C(=O)CCc2cccc3ccccc23)[C@H](Cc2ccccc2)C(=O)NC(C)(C)C)cc1. The third-order valence-corrected chi connectivity index (χ3v) is 6.73. The Hall–Kier alpha value is -3.92. The first-order valence-corrected chi connectivity index (χ1v) is 13.4. The van der Waals surface area contributed by atoms with Gasteiger partial charge in [-0.15, -0.1) is 0 Å². The van der Waals surface area contributed by atoms with Crippen LogP contribution in [0.25, 0.3) is 10.8 Å². The van der Waals surface area contributed by atoms with Gasteiger partial charge in [0.15, 0.2) is 0 Å². The van der Waals surface area contributed by atoms with E-state index in [0.717, 1.165) is 22.3 Å². The molecule has 4 nitrogen and oxygen atoms in total. The molecule has 38 heavy (non-hydrogen) atoms. The molecule has 4 aromatic rings. The molecule has 0 saturated heterocycles. The molecule has 0 fully saturated rings. The fourth-order valence-corrected chi connectivity index (χ4v) is 4.79. The summed E-state index contributed by atoms with van der Waals surface area (Å²) in [5, 5.41) is 5.47. The van der Waals surface area contributed by atoms with E-state index in [0.29, 0.717) is 25.8 Å². The molecule has 2 amide bonds. The van der Waals surface area contributed by atoms with Gasteiger partial charge in [-0.2, -0.15) is 0 Å². The molecule has 0 aliphatic heterocycles. The highest BCUT2D eigenvalue weighted by atomic mass is 16.2. The number of carbonyl (C=O) groups excluding carboxylic acids is 2. The van der Waals surface area contributed by atoms with Gasteiger partial charge in [-0.1, -0.05) is 103 Å². The van der Waals surface area contributed by atoms with Crippen LogP contribution in [0.5, 0.6) is 0 Å². The average molecular weight is 507 g/mol. The van der Waals surface area contributed by atoms with Crippen molar-refractivity contribution in [2.75, 3.05) is 0 Å². The molecule has 0 radical (unpaired) electrons. The lowest BCUT2D eigenvalue weighted by molar-refractivity contribution is -0.141.